The molecule has 0 N–H and O–H groups in total. The van der Waals surface area contributed by atoms with Crippen molar-refractivity contribution in [1.82, 2.24) is 0 Å². The number of hydrogen-bond donors (Lipinski definition) is 0. The molecule has 0 saturated heterocycles. The third-order valence-corrected chi connectivity index (χ3v) is 3.08. The lowest BCUT2D eigenvalue weighted by Crippen LogP contribution is -2.21. The van der Waals surface area contributed by atoms with E-state index in [0.717, 1.165) is 24.3 Å². The lowest BCUT2D eigenvalue weighted by atomic mass is 10.1. The predicted octanol–water partition coefficient (Wildman–Crippen LogP) is 3.41. The van der Waals surface area contributed by atoms with E-state index in [-0.39, 0.29) is 5.57 Å². The topological polar surface area (TPSA) is 74.6 Å². The summed E-state index contributed by atoms with van der Waals surface area (Å²) in [6.45, 7) is 6.03. The van der Waals surface area contributed by atoms with Crippen LogP contribution in [0.25, 0.3) is 5.57 Å². The Bertz CT molecular complexity index is 641. The van der Waals surface area contributed by atoms with E-state index in [0.29, 0.717) is 5.57 Å². The Hall–Kier alpha value is -3.03. The summed E-state index contributed by atoms with van der Waals surface area (Å²) in [4.78, 5) is 2.21. The van der Waals surface area contributed by atoms with Crippen LogP contribution < -0.4 is 4.90 Å². The second-order valence-electron chi connectivity index (χ2n) is 4.22. The lowest BCUT2D eigenvalue weighted by molar-refractivity contribution is 0.866. The molecule has 0 saturated carbocycles. The van der Waals surface area contributed by atoms with Crippen LogP contribution in [0.5, 0.6) is 0 Å². The third kappa shape index (κ3) is 4.23. The predicted molar refractivity (Wildman–Crippen MR) is 82.9 cm³/mol. The van der Waals surface area contributed by atoms with Crippen LogP contribution in [-0.4, -0.2) is 13.1 Å². The molecule has 0 bridgehead atoms. The number of anilines is 1. The van der Waals surface area contributed by atoms with Gasteiger partial charge in [-0.25, -0.2) is 0 Å². The highest BCUT2D eigenvalue weighted by molar-refractivity contribution is 5.79. The van der Waals surface area contributed by atoms with E-state index in [9.17, 15) is 5.26 Å². The molecule has 0 amide bonds. The minimum Gasteiger partial charge on any atom is -0.372 e. The van der Waals surface area contributed by atoms with Crippen LogP contribution in [0.3, 0.4) is 0 Å². The Balaban J connectivity index is 3.08. The second kappa shape index (κ2) is 8.20. The van der Waals surface area contributed by atoms with Gasteiger partial charge in [-0.3, -0.25) is 0 Å². The Morgan fingerprint density at radius 2 is 1.52 bits per heavy atom. The van der Waals surface area contributed by atoms with Crippen LogP contribution in [0.15, 0.2) is 42.0 Å². The van der Waals surface area contributed by atoms with Crippen LogP contribution in [-0.2, 0) is 0 Å². The quantitative estimate of drug-likeness (QED) is 0.610. The molecule has 0 spiro atoms. The van der Waals surface area contributed by atoms with Crippen LogP contribution in [0, 0.1) is 34.0 Å². The Kier molecular flexibility index (Phi) is 6.26. The lowest BCUT2D eigenvalue weighted by Gasteiger charge is -2.21. The Labute approximate surface area is 125 Å². The molecule has 0 aliphatic heterocycles. The fraction of sp³-hybridized carbons (Fsp3) is 0.235. The zero-order valence-electron chi connectivity index (χ0n) is 12.2. The van der Waals surface area contributed by atoms with Gasteiger partial charge in [-0.05, 0) is 43.7 Å². The number of nitrogens with zero attached hydrogens (tertiary/aromatic N) is 4. The molecule has 0 unspecified atom stereocenters. The number of rotatable bonds is 5. The maximum absolute atomic E-state index is 9.18. The standard InChI is InChI=1S/C17H16N4/c1-3-21(4-2)17-9-7-15(8-10-17)16(13-20)6-5-14(11-18)12-19/h5-10H,3-4H2,1-2H3/b16-6+. The molecule has 4 heteroatoms. The molecule has 0 heterocycles. The van der Waals surface area contributed by atoms with Crippen molar-refractivity contribution in [2.45, 2.75) is 13.8 Å². The van der Waals surface area contributed by atoms with Gasteiger partial charge >= 0.3 is 0 Å². The van der Waals surface area contributed by atoms with Gasteiger partial charge in [0.2, 0.25) is 0 Å². The minimum absolute atomic E-state index is 0.0255. The Morgan fingerprint density at radius 1 is 0.952 bits per heavy atom. The zero-order valence-corrected chi connectivity index (χ0v) is 12.2. The molecule has 0 fully saturated rings. The van der Waals surface area contributed by atoms with Gasteiger partial charge in [-0.2, -0.15) is 15.8 Å². The van der Waals surface area contributed by atoms with Gasteiger partial charge in [-0.15, -0.1) is 0 Å². The zero-order chi connectivity index (χ0) is 15.7. The van der Waals surface area contributed by atoms with Crippen LogP contribution in [0.1, 0.15) is 19.4 Å². The molecule has 21 heavy (non-hydrogen) atoms. The molecule has 0 aliphatic carbocycles. The van der Waals surface area contributed by atoms with Crippen molar-refractivity contribution in [1.29, 1.82) is 15.8 Å². The van der Waals surface area contributed by atoms with Crippen molar-refractivity contribution >= 4 is 11.3 Å². The first-order chi connectivity index (χ1) is 10.2. The molecule has 1 rings (SSSR count). The van der Waals surface area contributed by atoms with Gasteiger partial charge in [0.05, 0.1) is 11.6 Å². The SMILES string of the molecule is CCN(CC)c1ccc(/C(C#N)=C/C=C(C#N)C#N)cc1. The molecule has 0 radical (unpaired) electrons. The van der Waals surface area contributed by atoms with Crippen molar-refractivity contribution in [3.8, 4) is 18.2 Å². The van der Waals surface area contributed by atoms with Crippen molar-refractivity contribution in [2.24, 2.45) is 0 Å². The van der Waals surface area contributed by atoms with E-state index in [2.05, 4.69) is 24.8 Å². The first-order valence-corrected chi connectivity index (χ1v) is 6.67. The molecule has 104 valence electrons. The van der Waals surface area contributed by atoms with Crippen molar-refractivity contribution in [3.63, 3.8) is 0 Å². The number of allylic oxidation sites excluding steroid dienone is 4. The monoisotopic (exact) mass is 276 g/mol. The summed E-state index contributed by atoms with van der Waals surface area (Å²) in [7, 11) is 0. The molecular weight excluding hydrogens is 260 g/mol. The molecule has 4 nitrogen and oxygen atoms in total. The molecule has 0 aromatic heterocycles. The molecule has 0 atom stereocenters. The van der Waals surface area contributed by atoms with Gasteiger partial charge < -0.3 is 4.90 Å². The number of benzene rings is 1. The smallest absolute Gasteiger partial charge is 0.129 e. The number of nitriles is 3. The maximum atomic E-state index is 9.18. The number of hydrogen-bond acceptors (Lipinski definition) is 4. The molecule has 1 aromatic rings. The van der Waals surface area contributed by atoms with Crippen LogP contribution >= 0.6 is 0 Å². The normalized spacial score (nSPS) is 9.95. The maximum Gasteiger partial charge on any atom is 0.129 e. The van der Waals surface area contributed by atoms with Gasteiger partial charge in [0, 0.05) is 18.8 Å². The van der Waals surface area contributed by atoms with E-state index in [1.54, 1.807) is 12.1 Å². The van der Waals surface area contributed by atoms with Crippen LogP contribution in [0.4, 0.5) is 5.69 Å². The van der Waals surface area contributed by atoms with Crippen molar-refractivity contribution in [3.05, 3.63) is 47.6 Å². The van der Waals surface area contributed by atoms with Crippen molar-refractivity contribution < 1.29 is 0 Å². The van der Waals surface area contributed by atoms with Crippen molar-refractivity contribution in [2.75, 3.05) is 18.0 Å². The summed E-state index contributed by atoms with van der Waals surface area (Å²) in [5.74, 6) is 0. The largest absolute Gasteiger partial charge is 0.372 e. The summed E-state index contributed by atoms with van der Waals surface area (Å²) in [6.07, 6.45) is 2.85. The van der Waals surface area contributed by atoms with Gasteiger partial charge in [0.1, 0.15) is 17.7 Å². The summed E-state index contributed by atoms with van der Waals surface area (Å²) in [6, 6.07) is 13.3. The molecule has 0 aliphatic rings. The first-order valence-electron chi connectivity index (χ1n) is 6.67. The minimum atomic E-state index is -0.0255. The average molecular weight is 276 g/mol. The first kappa shape index (κ1) is 16.0. The molecular formula is C17H16N4. The third-order valence-electron chi connectivity index (χ3n) is 3.08. The van der Waals surface area contributed by atoms with E-state index in [1.807, 2.05) is 24.3 Å². The fourth-order valence-corrected chi connectivity index (χ4v) is 1.90. The summed E-state index contributed by atoms with van der Waals surface area (Å²) in [5, 5.41) is 26.5. The highest BCUT2D eigenvalue weighted by atomic mass is 15.1. The second-order valence-corrected chi connectivity index (χ2v) is 4.22. The summed E-state index contributed by atoms with van der Waals surface area (Å²) < 4.78 is 0. The molecule has 1 aromatic carbocycles. The summed E-state index contributed by atoms with van der Waals surface area (Å²) in [5.41, 5.74) is 2.26. The average Bonchev–Trinajstić information content (AvgIpc) is 2.54. The van der Waals surface area contributed by atoms with Gasteiger partial charge in [-0.1, -0.05) is 12.1 Å². The van der Waals surface area contributed by atoms with Gasteiger partial charge in [0.25, 0.3) is 0 Å². The Morgan fingerprint density at radius 3 is 1.95 bits per heavy atom. The highest BCUT2D eigenvalue weighted by Crippen LogP contribution is 2.20. The van der Waals surface area contributed by atoms with E-state index in [4.69, 9.17) is 10.5 Å². The van der Waals surface area contributed by atoms with E-state index in [1.165, 1.54) is 12.2 Å². The van der Waals surface area contributed by atoms with E-state index >= 15 is 0 Å². The summed E-state index contributed by atoms with van der Waals surface area (Å²) >= 11 is 0. The van der Waals surface area contributed by atoms with Gasteiger partial charge in [0.15, 0.2) is 0 Å². The highest BCUT2D eigenvalue weighted by Gasteiger charge is 2.04. The van der Waals surface area contributed by atoms with Crippen LogP contribution in [0.2, 0.25) is 0 Å². The van der Waals surface area contributed by atoms with E-state index < -0.39 is 0 Å². The fourth-order valence-electron chi connectivity index (χ4n) is 1.90.